The quantitative estimate of drug-likeness (QED) is 0.645. The average Bonchev–Trinajstić information content (AvgIpc) is 3.01. The van der Waals surface area contributed by atoms with E-state index in [0.29, 0.717) is 33.0 Å². The van der Waals surface area contributed by atoms with Gasteiger partial charge in [-0.15, -0.1) is 10.2 Å². The summed E-state index contributed by atoms with van der Waals surface area (Å²) >= 11 is 7.17. The Morgan fingerprint density at radius 1 is 1.38 bits per heavy atom. The Hall–Kier alpha value is -2.52. The maximum atomic E-state index is 12.3. The molecule has 3 aromatic rings. The molecule has 0 aliphatic carbocycles. The van der Waals surface area contributed by atoms with Crippen molar-refractivity contribution in [2.75, 3.05) is 18.2 Å². The van der Waals surface area contributed by atoms with Gasteiger partial charge in [0, 0.05) is 16.3 Å². The number of nitrogens with one attached hydrogen (secondary N) is 2. The highest BCUT2D eigenvalue weighted by atomic mass is 35.5. The van der Waals surface area contributed by atoms with Gasteiger partial charge in [-0.1, -0.05) is 23.4 Å². The van der Waals surface area contributed by atoms with Gasteiger partial charge >= 0.3 is 0 Å². The van der Waals surface area contributed by atoms with Crippen LogP contribution in [0.2, 0.25) is 5.02 Å². The number of fused-ring (bicyclic) bond motifs is 1. The molecular formula is C16H16ClN5O3S. The van der Waals surface area contributed by atoms with Crippen LogP contribution in [0, 0.1) is 13.8 Å². The summed E-state index contributed by atoms with van der Waals surface area (Å²) in [5.41, 5.74) is 1.60. The Labute approximate surface area is 157 Å². The predicted octanol–water partition coefficient (Wildman–Crippen LogP) is 2.43. The van der Waals surface area contributed by atoms with E-state index in [4.69, 9.17) is 16.3 Å². The van der Waals surface area contributed by atoms with Crippen molar-refractivity contribution in [1.82, 2.24) is 19.6 Å². The molecule has 2 heterocycles. The normalized spacial score (nSPS) is 10.9. The van der Waals surface area contributed by atoms with E-state index < -0.39 is 0 Å². The Kier molecular flexibility index (Phi) is 5.19. The second kappa shape index (κ2) is 7.38. The molecule has 0 aliphatic heterocycles. The lowest BCUT2D eigenvalue weighted by molar-refractivity contribution is -0.113. The first kappa shape index (κ1) is 18.3. The lowest BCUT2D eigenvalue weighted by Crippen LogP contribution is -2.16. The van der Waals surface area contributed by atoms with Crippen molar-refractivity contribution in [2.45, 2.75) is 19.0 Å². The second-order valence-corrected chi connectivity index (χ2v) is 6.87. The van der Waals surface area contributed by atoms with E-state index in [-0.39, 0.29) is 17.2 Å². The van der Waals surface area contributed by atoms with Gasteiger partial charge in [-0.2, -0.15) is 0 Å². The lowest BCUT2D eigenvalue weighted by atomic mass is 10.3. The third-order valence-electron chi connectivity index (χ3n) is 3.85. The van der Waals surface area contributed by atoms with Crippen molar-refractivity contribution < 1.29 is 9.53 Å². The lowest BCUT2D eigenvalue weighted by Gasteiger charge is -2.10. The van der Waals surface area contributed by atoms with Gasteiger partial charge in [0.1, 0.15) is 5.75 Å². The van der Waals surface area contributed by atoms with Gasteiger partial charge in [0.05, 0.1) is 18.6 Å². The molecule has 3 rings (SSSR count). The first-order valence-corrected chi connectivity index (χ1v) is 8.98. The summed E-state index contributed by atoms with van der Waals surface area (Å²) in [6.07, 6.45) is 0. The van der Waals surface area contributed by atoms with Crippen LogP contribution in [-0.2, 0) is 4.79 Å². The SMILES string of the molecule is COc1ccc(Cl)cc1NC(=O)CSc1nnc2[nH]c(=O)c(C)c(C)n12. The molecular weight excluding hydrogens is 378 g/mol. The number of aromatic nitrogens is 4. The molecule has 1 aromatic carbocycles. The molecule has 0 unspecified atom stereocenters. The number of carbonyl (C=O) groups is 1. The first-order chi connectivity index (χ1) is 12.4. The number of H-pyrrole nitrogens is 1. The maximum Gasteiger partial charge on any atom is 0.255 e. The zero-order valence-electron chi connectivity index (χ0n) is 14.3. The number of ether oxygens (including phenoxy) is 1. The zero-order chi connectivity index (χ0) is 18.8. The highest BCUT2D eigenvalue weighted by Gasteiger charge is 2.15. The van der Waals surface area contributed by atoms with Crippen LogP contribution in [0.15, 0.2) is 28.2 Å². The van der Waals surface area contributed by atoms with E-state index in [1.54, 1.807) is 29.5 Å². The number of thioether (sulfide) groups is 1. The van der Waals surface area contributed by atoms with Crippen LogP contribution in [0.1, 0.15) is 11.3 Å². The van der Waals surface area contributed by atoms with Crippen molar-refractivity contribution >= 4 is 40.7 Å². The number of halogens is 1. The van der Waals surface area contributed by atoms with Gasteiger partial charge in [-0.3, -0.25) is 19.0 Å². The standard InChI is InChI=1S/C16H16ClN5O3S/c1-8-9(2)22-15(19-14(8)24)20-21-16(22)26-7-13(23)18-11-6-10(17)4-5-12(11)25-3/h4-6H,7H2,1-3H3,(H,18,23)(H,19,20,24). The van der Waals surface area contributed by atoms with Gasteiger partial charge in [-0.25, -0.2) is 0 Å². The third kappa shape index (κ3) is 3.54. The summed E-state index contributed by atoms with van der Waals surface area (Å²) in [6, 6.07) is 4.98. The molecule has 0 spiro atoms. The monoisotopic (exact) mass is 393 g/mol. The molecule has 2 N–H and O–H groups in total. The Balaban J connectivity index is 1.77. The number of carbonyl (C=O) groups excluding carboxylic acids is 1. The van der Waals surface area contributed by atoms with Crippen LogP contribution in [0.4, 0.5) is 5.69 Å². The number of hydrogen-bond donors (Lipinski definition) is 2. The van der Waals surface area contributed by atoms with E-state index in [1.807, 2.05) is 6.92 Å². The van der Waals surface area contributed by atoms with Gasteiger partial charge in [0.25, 0.3) is 5.56 Å². The Morgan fingerprint density at radius 2 is 2.15 bits per heavy atom. The molecule has 0 saturated heterocycles. The summed E-state index contributed by atoms with van der Waals surface area (Å²) in [5, 5.41) is 11.8. The molecule has 10 heteroatoms. The van der Waals surface area contributed by atoms with E-state index in [2.05, 4.69) is 20.5 Å². The average molecular weight is 394 g/mol. The summed E-state index contributed by atoms with van der Waals surface area (Å²) in [5.74, 6) is 0.724. The van der Waals surface area contributed by atoms with Crippen molar-refractivity contribution in [2.24, 2.45) is 0 Å². The third-order valence-corrected chi connectivity index (χ3v) is 5.01. The summed E-state index contributed by atoms with van der Waals surface area (Å²) < 4.78 is 6.93. The number of amides is 1. The fourth-order valence-corrected chi connectivity index (χ4v) is 3.32. The predicted molar refractivity (Wildman–Crippen MR) is 100 cm³/mol. The molecule has 0 saturated carbocycles. The number of anilines is 1. The molecule has 0 radical (unpaired) electrons. The number of methoxy groups -OCH3 is 1. The highest BCUT2D eigenvalue weighted by Crippen LogP contribution is 2.28. The molecule has 2 aromatic heterocycles. The topological polar surface area (TPSA) is 101 Å². The van der Waals surface area contributed by atoms with Crippen LogP contribution in [0.5, 0.6) is 5.75 Å². The van der Waals surface area contributed by atoms with Crippen LogP contribution in [0.3, 0.4) is 0 Å². The van der Waals surface area contributed by atoms with Gasteiger partial charge in [0.2, 0.25) is 11.7 Å². The molecule has 8 nitrogen and oxygen atoms in total. The Morgan fingerprint density at radius 3 is 2.88 bits per heavy atom. The smallest absolute Gasteiger partial charge is 0.255 e. The van der Waals surface area contributed by atoms with Gasteiger partial charge < -0.3 is 10.1 Å². The van der Waals surface area contributed by atoms with Gasteiger partial charge in [0.15, 0.2) is 5.16 Å². The number of nitrogens with zero attached hydrogens (tertiary/aromatic N) is 3. The van der Waals surface area contributed by atoms with Crippen molar-refractivity contribution in [3.8, 4) is 5.75 Å². The highest BCUT2D eigenvalue weighted by molar-refractivity contribution is 7.99. The van der Waals surface area contributed by atoms with E-state index in [1.165, 1.54) is 18.9 Å². The fraction of sp³-hybridized carbons (Fsp3) is 0.250. The van der Waals surface area contributed by atoms with Crippen molar-refractivity contribution in [1.29, 1.82) is 0 Å². The number of aryl methyl sites for hydroxylation is 1. The van der Waals surface area contributed by atoms with E-state index in [0.717, 1.165) is 5.69 Å². The van der Waals surface area contributed by atoms with Crippen LogP contribution in [-0.4, -0.2) is 38.4 Å². The second-order valence-electron chi connectivity index (χ2n) is 5.49. The molecule has 26 heavy (non-hydrogen) atoms. The van der Waals surface area contributed by atoms with Crippen molar-refractivity contribution in [3.63, 3.8) is 0 Å². The number of aromatic amines is 1. The van der Waals surface area contributed by atoms with Crippen molar-refractivity contribution in [3.05, 3.63) is 44.8 Å². The minimum atomic E-state index is -0.244. The molecule has 0 fully saturated rings. The van der Waals surface area contributed by atoms with Crippen LogP contribution >= 0.6 is 23.4 Å². The molecule has 0 atom stereocenters. The number of benzene rings is 1. The number of rotatable bonds is 5. The summed E-state index contributed by atoms with van der Waals surface area (Å²) in [7, 11) is 1.52. The molecule has 1 amide bonds. The van der Waals surface area contributed by atoms with E-state index in [9.17, 15) is 9.59 Å². The minimum absolute atomic E-state index is 0.105. The van der Waals surface area contributed by atoms with E-state index >= 15 is 0 Å². The molecule has 0 bridgehead atoms. The Bertz CT molecular complexity index is 1050. The first-order valence-electron chi connectivity index (χ1n) is 7.61. The maximum absolute atomic E-state index is 12.3. The zero-order valence-corrected chi connectivity index (χ0v) is 15.9. The van der Waals surface area contributed by atoms with Crippen LogP contribution in [0.25, 0.3) is 5.78 Å². The fourth-order valence-electron chi connectivity index (χ4n) is 2.37. The molecule has 136 valence electrons. The van der Waals surface area contributed by atoms with Crippen LogP contribution < -0.4 is 15.6 Å². The molecule has 0 aliphatic rings. The summed E-state index contributed by atoms with van der Waals surface area (Å²) in [6.45, 7) is 3.53. The van der Waals surface area contributed by atoms with Gasteiger partial charge in [-0.05, 0) is 32.0 Å². The minimum Gasteiger partial charge on any atom is -0.495 e. The summed E-state index contributed by atoms with van der Waals surface area (Å²) in [4.78, 5) is 26.7. The number of hydrogen-bond acceptors (Lipinski definition) is 6. The largest absolute Gasteiger partial charge is 0.495 e.